The first-order chi connectivity index (χ1) is 22.0. The second-order valence-corrected chi connectivity index (χ2v) is 13.2. The van der Waals surface area contributed by atoms with Crippen molar-refractivity contribution in [2.45, 2.75) is 96.8 Å². The minimum atomic E-state index is -0.958. The van der Waals surface area contributed by atoms with Gasteiger partial charge < -0.3 is 4.74 Å². The van der Waals surface area contributed by atoms with Gasteiger partial charge in [-0.25, -0.2) is 8.78 Å². The molecule has 3 aromatic rings. The van der Waals surface area contributed by atoms with E-state index >= 15 is 8.78 Å². The highest BCUT2D eigenvalue weighted by molar-refractivity contribution is 5.74. The van der Waals surface area contributed by atoms with Crippen molar-refractivity contribution in [3.8, 4) is 28.0 Å². The molecule has 4 heteroatoms. The van der Waals surface area contributed by atoms with E-state index in [2.05, 4.69) is 25.7 Å². The van der Waals surface area contributed by atoms with Crippen molar-refractivity contribution in [1.82, 2.24) is 0 Å². The fourth-order valence-electron chi connectivity index (χ4n) is 7.28. The Hall–Kier alpha value is -3.27. The molecule has 3 aromatic carbocycles. The molecule has 45 heavy (non-hydrogen) atoms. The Bertz CT molecular complexity index is 1430. The molecule has 1 nitrogen and oxygen atoms in total. The topological polar surface area (TPSA) is 9.23 Å². The molecule has 0 bridgehead atoms. The smallest absolute Gasteiger partial charge is 0.201 e. The molecule has 0 N–H and O–H groups in total. The fourth-order valence-corrected chi connectivity index (χ4v) is 7.28. The molecule has 0 spiro atoms. The number of allylic oxidation sites excluding steroid dienone is 3. The summed E-state index contributed by atoms with van der Waals surface area (Å²) in [4.78, 5) is 0. The molecule has 0 amide bonds. The quantitative estimate of drug-likeness (QED) is 0.130. The van der Waals surface area contributed by atoms with E-state index in [1.165, 1.54) is 57.4 Å². The third kappa shape index (κ3) is 8.51. The number of unbranched alkanes of at least 4 members (excludes halogenated alkanes) is 6. The van der Waals surface area contributed by atoms with Gasteiger partial charge >= 0.3 is 0 Å². The molecule has 2 aliphatic carbocycles. The van der Waals surface area contributed by atoms with Crippen LogP contribution < -0.4 is 4.74 Å². The van der Waals surface area contributed by atoms with Crippen LogP contribution in [0.15, 0.2) is 73.3 Å². The Morgan fingerprint density at radius 2 is 1.38 bits per heavy atom. The molecular formula is C41H49F3O. The van der Waals surface area contributed by atoms with E-state index in [4.69, 9.17) is 4.74 Å². The lowest BCUT2D eigenvalue weighted by molar-refractivity contribution is 0.212. The van der Waals surface area contributed by atoms with Gasteiger partial charge in [0.25, 0.3) is 0 Å². The van der Waals surface area contributed by atoms with Crippen molar-refractivity contribution >= 4 is 5.57 Å². The summed E-state index contributed by atoms with van der Waals surface area (Å²) >= 11 is 0. The minimum Gasteiger partial charge on any atom is -0.490 e. The molecule has 1 saturated carbocycles. The van der Waals surface area contributed by atoms with Crippen LogP contribution in [0, 0.1) is 35.2 Å². The minimum absolute atomic E-state index is 0.0475. The van der Waals surface area contributed by atoms with Gasteiger partial charge in [-0.05, 0) is 110 Å². The number of benzene rings is 3. The maximum Gasteiger partial charge on any atom is 0.201 e. The van der Waals surface area contributed by atoms with Crippen LogP contribution >= 0.6 is 0 Å². The molecule has 5 rings (SSSR count). The molecule has 1 fully saturated rings. The third-order valence-corrected chi connectivity index (χ3v) is 10.2. The van der Waals surface area contributed by atoms with Crippen molar-refractivity contribution < 1.29 is 17.9 Å². The molecule has 0 radical (unpaired) electrons. The zero-order valence-corrected chi connectivity index (χ0v) is 26.9. The number of hydrogen-bond donors (Lipinski definition) is 0. The number of rotatable bonds is 14. The van der Waals surface area contributed by atoms with Crippen molar-refractivity contribution in [3.05, 3.63) is 96.3 Å². The van der Waals surface area contributed by atoms with Crippen LogP contribution in [0.1, 0.15) is 102 Å². The van der Waals surface area contributed by atoms with E-state index in [1.807, 2.05) is 24.3 Å². The Balaban J connectivity index is 1.17. The number of halogens is 3. The summed E-state index contributed by atoms with van der Waals surface area (Å²) in [6.07, 6.45) is 20.5. The lowest BCUT2D eigenvalue weighted by Gasteiger charge is -2.34. The molecule has 0 aliphatic heterocycles. The van der Waals surface area contributed by atoms with Crippen LogP contribution in [0.25, 0.3) is 27.8 Å². The molecule has 240 valence electrons. The summed E-state index contributed by atoms with van der Waals surface area (Å²) in [5.74, 6) is 0.0344. The van der Waals surface area contributed by atoms with Gasteiger partial charge in [-0.1, -0.05) is 94.0 Å². The first-order valence-corrected chi connectivity index (χ1v) is 17.3. The summed E-state index contributed by atoms with van der Waals surface area (Å²) < 4.78 is 50.8. The second-order valence-electron chi connectivity index (χ2n) is 13.2. The molecule has 0 heterocycles. The molecule has 1 unspecified atom stereocenters. The zero-order valence-electron chi connectivity index (χ0n) is 26.9. The third-order valence-electron chi connectivity index (χ3n) is 10.2. The van der Waals surface area contributed by atoms with Crippen LogP contribution in [-0.2, 0) is 0 Å². The van der Waals surface area contributed by atoms with Crippen LogP contribution in [-0.4, -0.2) is 6.61 Å². The Morgan fingerprint density at radius 1 is 0.711 bits per heavy atom. The van der Waals surface area contributed by atoms with E-state index < -0.39 is 11.6 Å². The normalized spacial score (nSPS) is 20.1. The van der Waals surface area contributed by atoms with Crippen molar-refractivity contribution in [1.29, 1.82) is 0 Å². The summed E-state index contributed by atoms with van der Waals surface area (Å²) in [5, 5.41) is 0. The van der Waals surface area contributed by atoms with Gasteiger partial charge in [0, 0.05) is 11.1 Å². The first-order valence-electron chi connectivity index (χ1n) is 17.3. The van der Waals surface area contributed by atoms with E-state index in [0.29, 0.717) is 29.6 Å². The average Bonchev–Trinajstić information content (AvgIpc) is 3.08. The van der Waals surface area contributed by atoms with Crippen LogP contribution in [0.4, 0.5) is 13.2 Å². The maximum atomic E-state index is 15.4. The van der Waals surface area contributed by atoms with Gasteiger partial charge in [-0.2, -0.15) is 4.39 Å². The van der Waals surface area contributed by atoms with E-state index in [9.17, 15) is 4.39 Å². The van der Waals surface area contributed by atoms with Gasteiger partial charge in [0.05, 0.1) is 6.61 Å². The highest BCUT2D eigenvalue weighted by atomic mass is 19.2. The molecule has 0 saturated heterocycles. The molecular weight excluding hydrogens is 565 g/mol. The van der Waals surface area contributed by atoms with Crippen molar-refractivity contribution in [3.63, 3.8) is 0 Å². The largest absolute Gasteiger partial charge is 0.490 e. The first kappa shape index (κ1) is 33.1. The Morgan fingerprint density at radius 3 is 2.04 bits per heavy atom. The monoisotopic (exact) mass is 614 g/mol. The van der Waals surface area contributed by atoms with Gasteiger partial charge in [-0.15, -0.1) is 6.58 Å². The maximum absolute atomic E-state index is 15.4. The second kappa shape index (κ2) is 16.3. The SMILES string of the molecule is C=CC1CCC(C2CC=C(c3ccc(-c4ccc(-c5ccc(OCCCCCCCCC)c(F)c5F)cc4)cc3F)CC2)CC1. The molecule has 1 atom stereocenters. The van der Waals surface area contributed by atoms with Gasteiger partial charge in [0.1, 0.15) is 5.82 Å². The molecule has 0 aromatic heterocycles. The fraction of sp³-hybridized carbons (Fsp3) is 0.463. The van der Waals surface area contributed by atoms with Crippen LogP contribution in [0.3, 0.4) is 0 Å². The zero-order chi connectivity index (χ0) is 31.6. The summed E-state index contributed by atoms with van der Waals surface area (Å²) in [7, 11) is 0. The highest BCUT2D eigenvalue weighted by Gasteiger charge is 2.28. The highest BCUT2D eigenvalue weighted by Crippen LogP contribution is 2.42. The molecule has 2 aliphatic rings. The van der Waals surface area contributed by atoms with Gasteiger partial charge in [-0.3, -0.25) is 0 Å². The van der Waals surface area contributed by atoms with Gasteiger partial charge in [0.2, 0.25) is 5.82 Å². The lowest BCUT2D eigenvalue weighted by Crippen LogP contribution is -2.22. The van der Waals surface area contributed by atoms with E-state index in [-0.39, 0.29) is 17.1 Å². The van der Waals surface area contributed by atoms with Crippen molar-refractivity contribution in [2.24, 2.45) is 17.8 Å². The summed E-state index contributed by atoms with van der Waals surface area (Å²) in [6.45, 7) is 6.54. The Labute approximate surface area is 268 Å². The lowest BCUT2D eigenvalue weighted by atomic mass is 9.71. The van der Waals surface area contributed by atoms with Crippen molar-refractivity contribution in [2.75, 3.05) is 6.61 Å². The summed E-state index contributed by atoms with van der Waals surface area (Å²) in [6, 6.07) is 15.7. The average molecular weight is 615 g/mol. The van der Waals surface area contributed by atoms with Gasteiger partial charge in [0.15, 0.2) is 11.6 Å². The van der Waals surface area contributed by atoms with Crippen LogP contribution in [0.2, 0.25) is 0 Å². The number of hydrogen-bond acceptors (Lipinski definition) is 1. The summed E-state index contributed by atoms with van der Waals surface area (Å²) in [5.41, 5.74) is 4.13. The number of ether oxygens (including phenoxy) is 1. The predicted octanol–water partition coefficient (Wildman–Crippen LogP) is 12.7. The standard InChI is InChI=1S/C41H49F3O/c1-3-5-6-7-8-9-10-27-45-39-26-25-37(40(43)41(39)44)34-21-17-32(18-22-34)35-23-24-36(38(42)28-35)33-19-15-31(16-20-33)30-13-11-29(4-2)12-14-30/h4,17-19,21-26,28-31H,2-3,5-16,20,27H2,1H3. The Kier molecular flexibility index (Phi) is 12.0. The van der Waals surface area contributed by atoms with Crippen LogP contribution in [0.5, 0.6) is 5.75 Å². The van der Waals surface area contributed by atoms with E-state index in [1.54, 1.807) is 24.3 Å². The predicted molar refractivity (Wildman–Crippen MR) is 182 cm³/mol. The van der Waals surface area contributed by atoms with E-state index in [0.717, 1.165) is 61.1 Å².